The maximum absolute atomic E-state index is 6.19. The summed E-state index contributed by atoms with van der Waals surface area (Å²) < 4.78 is 12.4. The smallest absolute Gasteiger partial charge is 0.399 e. The van der Waals surface area contributed by atoms with Crippen molar-refractivity contribution in [1.29, 1.82) is 0 Å². The Hall–Kier alpha value is -1.51. The van der Waals surface area contributed by atoms with Crippen molar-refractivity contribution < 1.29 is 9.31 Å². The monoisotopic (exact) mass is 316 g/mol. The van der Waals surface area contributed by atoms with Crippen molar-refractivity contribution in [2.75, 3.05) is 0 Å². The number of rotatable bonds is 1. The predicted molar refractivity (Wildman–Crippen MR) is 100 cm³/mol. The summed E-state index contributed by atoms with van der Waals surface area (Å²) in [7, 11) is 5.63. The average Bonchev–Trinajstić information content (AvgIpc) is 2.74. The van der Waals surface area contributed by atoms with Gasteiger partial charge in [0.25, 0.3) is 0 Å². The van der Waals surface area contributed by atoms with E-state index in [9.17, 15) is 0 Å². The van der Waals surface area contributed by atoms with Crippen LogP contribution in [0.2, 0.25) is 0 Å². The number of benzene rings is 2. The SMILES string of the molecule is [B]c1ccc2c(c1)CCc1cc(B3OC(C)(C)C(C)(C)O3)ccc1-2. The van der Waals surface area contributed by atoms with E-state index in [4.69, 9.17) is 17.2 Å². The summed E-state index contributed by atoms with van der Waals surface area (Å²) in [4.78, 5) is 0. The van der Waals surface area contributed by atoms with Crippen molar-refractivity contribution >= 4 is 25.9 Å². The molecule has 0 N–H and O–H groups in total. The van der Waals surface area contributed by atoms with Crippen molar-refractivity contribution in [3.05, 3.63) is 47.5 Å². The lowest BCUT2D eigenvalue weighted by Crippen LogP contribution is -2.41. The van der Waals surface area contributed by atoms with E-state index in [1.165, 1.54) is 22.3 Å². The van der Waals surface area contributed by atoms with E-state index in [2.05, 4.69) is 58.0 Å². The molecular formula is C20H22B2O2. The van der Waals surface area contributed by atoms with Crippen molar-refractivity contribution in [3.8, 4) is 11.1 Å². The molecule has 2 aromatic carbocycles. The van der Waals surface area contributed by atoms with Gasteiger partial charge in [0.05, 0.1) is 11.2 Å². The van der Waals surface area contributed by atoms with Crippen molar-refractivity contribution in [1.82, 2.24) is 0 Å². The Balaban J connectivity index is 1.70. The zero-order valence-electron chi connectivity index (χ0n) is 14.8. The van der Waals surface area contributed by atoms with Crippen molar-refractivity contribution in [2.24, 2.45) is 0 Å². The lowest BCUT2D eigenvalue weighted by molar-refractivity contribution is 0.00578. The van der Waals surface area contributed by atoms with Crippen molar-refractivity contribution in [2.45, 2.75) is 51.7 Å². The molecule has 1 saturated heterocycles. The van der Waals surface area contributed by atoms with E-state index in [0.717, 1.165) is 23.8 Å². The molecule has 0 aromatic heterocycles. The maximum Gasteiger partial charge on any atom is 0.494 e. The quantitative estimate of drug-likeness (QED) is 0.753. The molecule has 4 heteroatoms. The predicted octanol–water partition coefficient (Wildman–Crippen LogP) is 2.55. The minimum absolute atomic E-state index is 0.298. The van der Waals surface area contributed by atoms with Gasteiger partial charge >= 0.3 is 7.12 Å². The fraction of sp³-hybridized carbons (Fsp3) is 0.400. The van der Waals surface area contributed by atoms with Crippen LogP contribution in [0, 0.1) is 0 Å². The van der Waals surface area contributed by atoms with Crippen LogP contribution < -0.4 is 10.9 Å². The first-order valence-corrected chi connectivity index (χ1v) is 8.64. The first-order valence-electron chi connectivity index (χ1n) is 8.64. The largest absolute Gasteiger partial charge is 0.494 e. The molecule has 1 aliphatic heterocycles. The molecule has 0 bridgehead atoms. The van der Waals surface area contributed by atoms with Gasteiger partial charge in [-0.2, -0.15) is 0 Å². The van der Waals surface area contributed by atoms with E-state index < -0.39 is 0 Å². The second kappa shape index (κ2) is 5.24. The van der Waals surface area contributed by atoms with Crippen LogP contribution in [0.25, 0.3) is 11.1 Å². The second-order valence-corrected chi connectivity index (χ2v) is 7.92. The highest BCUT2D eigenvalue weighted by atomic mass is 16.7. The summed E-state index contributed by atoms with van der Waals surface area (Å²) in [5, 5.41) is 0. The standard InChI is InChI=1S/C20H22B2O2/c1-19(2)20(3,4)24-22(23-19)16-8-10-18-14(12-16)6-5-13-11-15(21)7-9-17(13)18/h7-12H,5-6H2,1-4H3. The number of aryl methyl sites for hydroxylation is 2. The van der Waals surface area contributed by atoms with Gasteiger partial charge in [-0.25, -0.2) is 0 Å². The highest BCUT2D eigenvalue weighted by Gasteiger charge is 2.51. The fourth-order valence-electron chi connectivity index (χ4n) is 3.56. The molecule has 1 heterocycles. The first kappa shape index (κ1) is 16.0. The lowest BCUT2D eigenvalue weighted by Gasteiger charge is -2.32. The van der Waals surface area contributed by atoms with Crippen LogP contribution in [0.1, 0.15) is 38.8 Å². The number of fused-ring (bicyclic) bond motifs is 3. The molecule has 1 aliphatic carbocycles. The molecule has 0 spiro atoms. The topological polar surface area (TPSA) is 18.5 Å². The average molecular weight is 316 g/mol. The Morgan fingerprint density at radius 1 is 0.833 bits per heavy atom. The van der Waals surface area contributed by atoms with E-state index in [0.29, 0.717) is 0 Å². The van der Waals surface area contributed by atoms with Crippen LogP contribution >= 0.6 is 0 Å². The number of hydrogen-bond donors (Lipinski definition) is 0. The minimum atomic E-state index is -0.308. The van der Waals surface area contributed by atoms with E-state index >= 15 is 0 Å². The van der Waals surface area contributed by atoms with Crippen LogP contribution in [-0.2, 0) is 22.2 Å². The zero-order valence-corrected chi connectivity index (χ0v) is 14.8. The Morgan fingerprint density at radius 2 is 1.38 bits per heavy atom. The van der Waals surface area contributed by atoms with Gasteiger partial charge in [0.2, 0.25) is 0 Å². The van der Waals surface area contributed by atoms with Crippen molar-refractivity contribution in [3.63, 3.8) is 0 Å². The Morgan fingerprint density at radius 3 is 2.00 bits per heavy atom. The maximum atomic E-state index is 6.19. The molecule has 120 valence electrons. The molecule has 1 fully saturated rings. The van der Waals surface area contributed by atoms with E-state index in [1.807, 2.05) is 6.07 Å². The molecule has 2 aromatic rings. The normalized spacial score (nSPS) is 20.6. The molecule has 0 saturated carbocycles. The van der Waals surface area contributed by atoms with Gasteiger partial charge in [0.15, 0.2) is 0 Å². The number of hydrogen-bond acceptors (Lipinski definition) is 2. The summed E-state index contributed by atoms with van der Waals surface area (Å²) in [5.74, 6) is 0. The minimum Gasteiger partial charge on any atom is -0.399 e. The summed E-state index contributed by atoms with van der Waals surface area (Å²) >= 11 is 0. The Kier molecular flexibility index (Phi) is 3.49. The molecule has 2 radical (unpaired) electrons. The molecule has 2 nitrogen and oxygen atoms in total. The molecule has 4 rings (SSSR count). The van der Waals surface area contributed by atoms with Gasteiger partial charge in [0.1, 0.15) is 7.85 Å². The first-order chi connectivity index (χ1) is 11.3. The summed E-state index contributed by atoms with van der Waals surface area (Å²) in [5.41, 5.74) is 6.63. The summed E-state index contributed by atoms with van der Waals surface area (Å²) in [6.07, 6.45) is 2.05. The van der Waals surface area contributed by atoms with Crippen LogP contribution in [-0.4, -0.2) is 26.2 Å². The van der Waals surface area contributed by atoms with Gasteiger partial charge in [0, 0.05) is 0 Å². The third-order valence-electron chi connectivity index (χ3n) is 5.74. The molecule has 24 heavy (non-hydrogen) atoms. The van der Waals surface area contributed by atoms with E-state index in [-0.39, 0.29) is 18.3 Å². The Bertz CT molecular complexity index is 795. The van der Waals surface area contributed by atoms with Gasteiger partial charge in [-0.3, -0.25) is 0 Å². The highest BCUT2D eigenvalue weighted by molar-refractivity contribution is 6.62. The van der Waals surface area contributed by atoms with Crippen LogP contribution in [0.3, 0.4) is 0 Å². The third-order valence-corrected chi connectivity index (χ3v) is 5.74. The molecule has 0 unspecified atom stereocenters. The molecule has 0 amide bonds. The molecule has 0 atom stereocenters. The van der Waals surface area contributed by atoms with E-state index in [1.54, 1.807) is 0 Å². The van der Waals surface area contributed by atoms with Gasteiger partial charge in [-0.05, 0) is 68.3 Å². The van der Waals surface area contributed by atoms with Crippen LogP contribution in [0.4, 0.5) is 0 Å². The molecular weight excluding hydrogens is 294 g/mol. The van der Waals surface area contributed by atoms with Gasteiger partial charge < -0.3 is 9.31 Å². The summed E-state index contributed by atoms with van der Waals surface area (Å²) in [6.45, 7) is 8.36. The van der Waals surface area contributed by atoms with Crippen LogP contribution in [0.15, 0.2) is 36.4 Å². The third kappa shape index (κ3) is 2.44. The second-order valence-electron chi connectivity index (χ2n) is 7.92. The van der Waals surface area contributed by atoms with Gasteiger partial charge in [-0.15, -0.1) is 0 Å². The molecule has 2 aliphatic rings. The fourth-order valence-corrected chi connectivity index (χ4v) is 3.56. The zero-order chi connectivity index (χ0) is 17.1. The Labute approximate surface area is 146 Å². The summed E-state index contributed by atoms with van der Waals surface area (Å²) in [6, 6.07) is 12.8. The van der Waals surface area contributed by atoms with Crippen LogP contribution in [0.5, 0.6) is 0 Å². The van der Waals surface area contributed by atoms with Gasteiger partial charge in [-0.1, -0.05) is 41.9 Å². The highest BCUT2D eigenvalue weighted by Crippen LogP contribution is 2.37. The lowest BCUT2D eigenvalue weighted by atomic mass is 9.74.